The van der Waals surface area contributed by atoms with Crippen molar-refractivity contribution in [1.82, 2.24) is 19.3 Å². The van der Waals surface area contributed by atoms with Crippen LogP contribution in [-0.4, -0.2) is 63.7 Å². The van der Waals surface area contributed by atoms with E-state index in [2.05, 4.69) is 19.8 Å². The number of rotatable bonds is 3. The summed E-state index contributed by atoms with van der Waals surface area (Å²) in [6.45, 7) is 4.77. The molecule has 3 rings (SSSR count). The van der Waals surface area contributed by atoms with Gasteiger partial charge in [-0.15, -0.1) is 0 Å². The van der Waals surface area contributed by atoms with Crippen LogP contribution >= 0.6 is 0 Å². The molecule has 0 unspecified atom stereocenters. The van der Waals surface area contributed by atoms with Crippen LogP contribution in [0.1, 0.15) is 0 Å². The summed E-state index contributed by atoms with van der Waals surface area (Å²) in [4.78, 5) is 13.3. The molecular weight excluding hydrogens is 230 g/mol. The first-order chi connectivity index (χ1) is 8.88. The van der Waals surface area contributed by atoms with Gasteiger partial charge < -0.3 is 14.4 Å². The number of piperazine rings is 1. The number of β-amino-alcohol motifs (C(OH)–C–C–N with tert-alkyl or cyclic N) is 1. The van der Waals surface area contributed by atoms with E-state index in [0.29, 0.717) is 0 Å². The van der Waals surface area contributed by atoms with Crippen LogP contribution in [0.5, 0.6) is 0 Å². The Morgan fingerprint density at radius 3 is 2.50 bits per heavy atom. The van der Waals surface area contributed by atoms with E-state index in [1.54, 1.807) is 6.20 Å². The van der Waals surface area contributed by atoms with Crippen LogP contribution in [0.3, 0.4) is 0 Å². The van der Waals surface area contributed by atoms with E-state index in [0.717, 1.165) is 44.2 Å². The third kappa shape index (κ3) is 2.04. The van der Waals surface area contributed by atoms with E-state index >= 15 is 0 Å². The third-order valence-corrected chi connectivity index (χ3v) is 3.38. The molecule has 0 aromatic carbocycles. The Morgan fingerprint density at radius 1 is 1.06 bits per heavy atom. The quantitative estimate of drug-likeness (QED) is 0.817. The number of anilines is 1. The van der Waals surface area contributed by atoms with Gasteiger partial charge in [-0.3, -0.25) is 4.90 Å². The molecule has 0 saturated carbocycles. The molecule has 0 aliphatic carbocycles. The Hall–Kier alpha value is -1.66. The van der Waals surface area contributed by atoms with Gasteiger partial charge in [0.2, 0.25) is 0 Å². The minimum Gasteiger partial charge on any atom is -0.395 e. The van der Waals surface area contributed by atoms with Crippen molar-refractivity contribution in [3.05, 3.63) is 24.8 Å². The number of hydrogen-bond donors (Lipinski definition) is 1. The van der Waals surface area contributed by atoms with Crippen molar-refractivity contribution in [3.8, 4) is 0 Å². The normalized spacial score (nSPS) is 17.5. The Bertz CT molecular complexity index is 518. The summed E-state index contributed by atoms with van der Waals surface area (Å²) in [5.74, 6) is 0.950. The van der Waals surface area contributed by atoms with Crippen molar-refractivity contribution in [2.45, 2.75) is 0 Å². The van der Waals surface area contributed by atoms with E-state index in [-0.39, 0.29) is 6.61 Å². The van der Waals surface area contributed by atoms with Gasteiger partial charge in [0.25, 0.3) is 0 Å². The second-order valence-electron chi connectivity index (χ2n) is 4.46. The van der Waals surface area contributed by atoms with Crippen LogP contribution in [0.2, 0.25) is 0 Å². The van der Waals surface area contributed by atoms with Crippen molar-refractivity contribution in [2.75, 3.05) is 44.2 Å². The molecule has 1 N–H and O–H groups in total. The van der Waals surface area contributed by atoms with Crippen LogP contribution < -0.4 is 4.90 Å². The lowest BCUT2D eigenvalue weighted by molar-refractivity contribution is 0.188. The molecule has 0 radical (unpaired) electrons. The maximum Gasteiger partial charge on any atom is 0.180 e. The highest BCUT2D eigenvalue weighted by Gasteiger charge is 2.19. The molecule has 1 aliphatic rings. The molecule has 18 heavy (non-hydrogen) atoms. The number of aromatic nitrogens is 3. The number of imidazole rings is 1. The van der Waals surface area contributed by atoms with E-state index < -0.39 is 0 Å². The summed E-state index contributed by atoms with van der Waals surface area (Å²) in [5.41, 5.74) is 0.910. The number of aliphatic hydroxyl groups is 1. The van der Waals surface area contributed by atoms with Crippen molar-refractivity contribution < 1.29 is 5.11 Å². The molecule has 0 spiro atoms. The average Bonchev–Trinajstić information content (AvgIpc) is 2.88. The molecule has 1 fully saturated rings. The predicted molar refractivity (Wildman–Crippen MR) is 68.7 cm³/mol. The van der Waals surface area contributed by atoms with Crippen LogP contribution in [0, 0.1) is 0 Å². The van der Waals surface area contributed by atoms with Crippen molar-refractivity contribution in [1.29, 1.82) is 0 Å². The first-order valence-electron chi connectivity index (χ1n) is 6.24. The van der Waals surface area contributed by atoms with E-state index in [4.69, 9.17) is 5.11 Å². The molecular formula is C12H17N5O. The fourth-order valence-corrected chi connectivity index (χ4v) is 2.39. The average molecular weight is 247 g/mol. The van der Waals surface area contributed by atoms with Gasteiger partial charge in [0.05, 0.1) is 6.61 Å². The van der Waals surface area contributed by atoms with Crippen LogP contribution in [0.15, 0.2) is 24.8 Å². The minimum absolute atomic E-state index is 0.230. The van der Waals surface area contributed by atoms with E-state index in [9.17, 15) is 0 Å². The van der Waals surface area contributed by atoms with Gasteiger partial charge in [-0.2, -0.15) is 0 Å². The Labute approximate surface area is 105 Å². The molecule has 6 nitrogen and oxygen atoms in total. The largest absolute Gasteiger partial charge is 0.395 e. The zero-order chi connectivity index (χ0) is 12.4. The van der Waals surface area contributed by atoms with Gasteiger partial charge in [0.15, 0.2) is 11.5 Å². The van der Waals surface area contributed by atoms with Gasteiger partial charge in [0.1, 0.15) is 0 Å². The van der Waals surface area contributed by atoms with Gasteiger partial charge in [-0.25, -0.2) is 9.97 Å². The number of fused-ring (bicyclic) bond motifs is 1. The summed E-state index contributed by atoms with van der Waals surface area (Å²) in [5, 5.41) is 8.93. The standard InChI is InChI=1S/C12H17N5O/c18-10-9-15-5-7-17(8-6-15)12-11-13-1-3-16(11)4-2-14-12/h1-4,18H,5-10H2. The maximum atomic E-state index is 8.93. The molecule has 0 atom stereocenters. The highest BCUT2D eigenvalue weighted by atomic mass is 16.3. The molecule has 96 valence electrons. The van der Waals surface area contributed by atoms with Crippen LogP contribution in [-0.2, 0) is 0 Å². The lowest BCUT2D eigenvalue weighted by Gasteiger charge is -2.34. The predicted octanol–water partition coefficient (Wildman–Crippen LogP) is -0.156. The van der Waals surface area contributed by atoms with Crippen molar-refractivity contribution in [2.24, 2.45) is 0 Å². The molecule has 2 aromatic rings. The fraction of sp³-hybridized carbons (Fsp3) is 0.500. The zero-order valence-corrected chi connectivity index (χ0v) is 10.2. The van der Waals surface area contributed by atoms with E-state index in [1.165, 1.54) is 0 Å². The van der Waals surface area contributed by atoms with Crippen molar-refractivity contribution >= 4 is 11.5 Å². The number of hydrogen-bond acceptors (Lipinski definition) is 5. The van der Waals surface area contributed by atoms with Gasteiger partial charge in [-0.05, 0) is 0 Å². The second-order valence-corrected chi connectivity index (χ2v) is 4.46. The SMILES string of the molecule is OCCN1CCN(c2nccn3ccnc23)CC1. The molecule has 1 saturated heterocycles. The second kappa shape index (κ2) is 4.91. The summed E-state index contributed by atoms with van der Waals surface area (Å²) in [7, 11) is 0. The number of nitrogens with zero attached hydrogens (tertiary/aromatic N) is 5. The topological polar surface area (TPSA) is 56.9 Å². The third-order valence-electron chi connectivity index (χ3n) is 3.38. The lowest BCUT2D eigenvalue weighted by atomic mass is 10.3. The Morgan fingerprint density at radius 2 is 1.78 bits per heavy atom. The molecule has 2 aromatic heterocycles. The maximum absolute atomic E-state index is 8.93. The Kier molecular flexibility index (Phi) is 3.12. The minimum atomic E-state index is 0.230. The first kappa shape index (κ1) is 11.4. The van der Waals surface area contributed by atoms with E-state index in [1.807, 2.05) is 23.0 Å². The molecule has 3 heterocycles. The van der Waals surface area contributed by atoms with Crippen molar-refractivity contribution in [3.63, 3.8) is 0 Å². The van der Waals surface area contributed by atoms with Gasteiger partial charge >= 0.3 is 0 Å². The zero-order valence-electron chi connectivity index (χ0n) is 10.2. The summed E-state index contributed by atoms with van der Waals surface area (Å²) in [6, 6.07) is 0. The first-order valence-corrected chi connectivity index (χ1v) is 6.24. The smallest absolute Gasteiger partial charge is 0.180 e. The van der Waals surface area contributed by atoms with Gasteiger partial charge in [0, 0.05) is 57.5 Å². The summed E-state index contributed by atoms with van der Waals surface area (Å²) >= 11 is 0. The molecule has 6 heteroatoms. The molecule has 1 aliphatic heterocycles. The molecule has 0 amide bonds. The summed E-state index contributed by atoms with van der Waals surface area (Å²) in [6.07, 6.45) is 7.45. The lowest BCUT2D eigenvalue weighted by Crippen LogP contribution is -2.47. The highest BCUT2D eigenvalue weighted by Crippen LogP contribution is 2.18. The monoisotopic (exact) mass is 247 g/mol. The highest BCUT2D eigenvalue weighted by molar-refractivity contribution is 5.64. The fourth-order valence-electron chi connectivity index (χ4n) is 2.39. The van der Waals surface area contributed by atoms with Crippen LogP contribution in [0.25, 0.3) is 5.65 Å². The van der Waals surface area contributed by atoms with Crippen LogP contribution in [0.4, 0.5) is 5.82 Å². The molecule has 0 bridgehead atoms. The Balaban J connectivity index is 1.78. The van der Waals surface area contributed by atoms with Gasteiger partial charge in [-0.1, -0.05) is 0 Å². The number of aliphatic hydroxyl groups excluding tert-OH is 1. The summed E-state index contributed by atoms with van der Waals surface area (Å²) < 4.78 is 1.99.